The van der Waals surface area contributed by atoms with E-state index >= 15 is 0 Å². The molecule has 0 aromatic carbocycles. The van der Waals surface area contributed by atoms with Crippen molar-refractivity contribution in [2.24, 2.45) is 0 Å². The van der Waals surface area contributed by atoms with E-state index in [0.717, 1.165) is 5.57 Å². The summed E-state index contributed by atoms with van der Waals surface area (Å²) in [6, 6.07) is 0. The lowest BCUT2D eigenvalue weighted by atomic mass is 9.99. The monoisotopic (exact) mass is 264 g/mol. The number of aliphatic hydroxyl groups is 4. The van der Waals surface area contributed by atoms with Crippen LogP contribution in [0.5, 0.6) is 0 Å². The molecule has 0 spiro atoms. The van der Waals surface area contributed by atoms with Gasteiger partial charge in [-0.1, -0.05) is 11.6 Å². The van der Waals surface area contributed by atoms with Crippen LogP contribution in [0.3, 0.4) is 0 Å². The molecule has 106 valence electrons. The largest absolute Gasteiger partial charge is 0.394 e. The summed E-state index contributed by atoms with van der Waals surface area (Å²) in [6.45, 7) is 3.44. The van der Waals surface area contributed by atoms with E-state index < -0.39 is 37.3 Å². The third kappa shape index (κ3) is 3.99. The second-order valence-electron chi connectivity index (χ2n) is 4.36. The molecule has 7 heteroatoms. The molecule has 1 aliphatic heterocycles. The third-order valence-corrected chi connectivity index (χ3v) is 2.57. The van der Waals surface area contributed by atoms with Crippen molar-refractivity contribution in [2.75, 3.05) is 13.2 Å². The lowest BCUT2D eigenvalue weighted by molar-refractivity contribution is -0.422. The first-order valence-corrected chi connectivity index (χ1v) is 5.69. The van der Waals surface area contributed by atoms with E-state index in [1.54, 1.807) is 6.08 Å². The first-order chi connectivity index (χ1) is 8.47. The molecule has 1 aliphatic rings. The maximum absolute atomic E-state index is 9.59. The fourth-order valence-electron chi connectivity index (χ4n) is 1.45. The predicted octanol–water partition coefficient (Wildman–Crippen LogP) is -1.30. The van der Waals surface area contributed by atoms with Crippen molar-refractivity contribution in [3.63, 3.8) is 0 Å². The number of rotatable bonds is 5. The van der Waals surface area contributed by atoms with Crippen LogP contribution in [0.2, 0.25) is 0 Å². The predicted molar refractivity (Wildman–Crippen MR) is 60.2 cm³/mol. The normalized spacial score (nSPS) is 36.4. The van der Waals surface area contributed by atoms with Crippen LogP contribution in [0.1, 0.15) is 13.8 Å². The summed E-state index contributed by atoms with van der Waals surface area (Å²) in [4.78, 5) is 9.59. The SMILES string of the molecule is CC(C)=CCOO[C@@H]1O[C@H](CO)[C@@H](O)[C@H](O)[C@H]1O. The van der Waals surface area contributed by atoms with Gasteiger partial charge in [0.2, 0.25) is 6.29 Å². The van der Waals surface area contributed by atoms with Crippen LogP contribution >= 0.6 is 0 Å². The van der Waals surface area contributed by atoms with Gasteiger partial charge >= 0.3 is 0 Å². The number of allylic oxidation sites excluding steroid dienone is 1. The van der Waals surface area contributed by atoms with E-state index in [4.69, 9.17) is 19.6 Å². The lowest BCUT2D eigenvalue weighted by Crippen LogP contribution is -2.59. The van der Waals surface area contributed by atoms with Crippen LogP contribution in [-0.4, -0.2) is 64.3 Å². The van der Waals surface area contributed by atoms with Crippen molar-refractivity contribution in [1.29, 1.82) is 0 Å². The summed E-state index contributed by atoms with van der Waals surface area (Å²) in [5.41, 5.74) is 1.03. The molecule has 0 aromatic heterocycles. The Hall–Kier alpha value is -0.540. The second-order valence-corrected chi connectivity index (χ2v) is 4.36. The van der Waals surface area contributed by atoms with E-state index in [0.29, 0.717) is 0 Å². The van der Waals surface area contributed by atoms with Crippen LogP contribution in [-0.2, 0) is 14.5 Å². The van der Waals surface area contributed by atoms with Crippen molar-refractivity contribution in [2.45, 2.75) is 44.6 Å². The van der Waals surface area contributed by atoms with Gasteiger partial charge in [-0.3, -0.25) is 0 Å². The first-order valence-electron chi connectivity index (χ1n) is 5.69. The quantitative estimate of drug-likeness (QED) is 0.211. The van der Waals surface area contributed by atoms with Crippen LogP contribution in [0.25, 0.3) is 0 Å². The zero-order valence-corrected chi connectivity index (χ0v) is 10.4. The Balaban J connectivity index is 2.46. The summed E-state index contributed by atoms with van der Waals surface area (Å²) >= 11 is 0. The molecule has 7 nitrogen and oxygen atoms in total. The van der Waals surface area contributed by atoms with Gasteiger partial charge < -0.3 is 25.2 Å². The van der Waals surface area contributed by atoms with E-state index in [2.05, 4.69) is 0 Å². The highest BCUT2D eigenvalue weighted by Gasteiger charge is 2.44. The van der Waals surface area contributed by atoms with Crippen LogP contribution in [0.15, 0.2) is 11.6 Å². The van der Waals surface area contributed by atoms with E-state index in [1.165, 1.54) is 0 Å². The Morgan fingerprint density at radius 2 is 1.83 bits per heavy atom. The topological polar surface area (TPSA) is 109 Å². The molecule has 0 amide bonds. The first kappa shape index (κ1) is 15.5. The lowest BCUT2D eigenvalue weighted by Gasteiger charge is -2.38. The fourth-order valence-corrected chi connectivity index (χ4v) is 1.45. The molecule has 18 heavy (non-hydrogen) atoms. The van der Waals surface area contributed by atoms with Gasteiger partial charge in [0.25, 0.3) is 0 Å². The highest BCUT2D eigenvalue weighted by molar-refractivity contribution is 4.92. The zero-order chi connectivity index (χ0) is 13.7. The Labute approximate surface area is 105 Å². The summed E-state index contributed by atoms with van der Waals surface area (Å²) in [7, 11) is 0. The molecule has 1 rings (SSSR count). The van der Waals surface area contributed by atoms with Crippen molar-refractivity contribution >= 4 is 0 Å². The summed E-state index contributed by atoms with van der Waals surface area (Å²) in [5.74, 6) is 0. The smallest absolute Gasteiger partial charge is 0.220 e. The average Bonchev–Trinajstić information content (AvgIpc) is 2.34. The molecule has 0 radical (unpaired) electrons. The second kappa shape index (κ2) is 7.15. The Kier molecular flexibility index (Phi) is 6.16. The molecule has 0 aliphatic carbocycles. The van der Waals surface area contributed by atoms with Gasteiger partial charge in [-0.25, -0.2) is 9.78 Å². The van der Waals surface area contributed by atoms with Crippen molar-refractivity contribution < 1.29 is 34.9 Å². The summed E-state index contributed by atoms with van der Waals surface area (Å²) in [5, 5.41) is 37.5. The highest BCUT2D eigenvalue weighted by Crippen LogP contribution is 2.21. The Morgan fingerprint density at radius 3 is 2.39 bits per heavy atom. The Bertz CT molecular complexity index is 275. The van der Waals surface area contributed by atoms with Gasteiger partial charge in [0, 0.05) is 0 Å². The molecular weight excluding hydrogens is 244 g/mol. The van der Waals surface area contributed by atoms with Crippen LogP contribution in [0, 0.1) is 0 Å². The minimum atomic E-state index is -1.46. The molecule has 0 saturated carbocycles. The third-order valence-electron chi connectivity index (χ3n) is 2.57. The summed E-state index contributed by atoms with van der Waals surface area (Å²) in [6.07, 6.45) is -4.82. The van der Waals surface area contributed by atoms with Crippen LogP contribution < -0.4 is 0 Å². The molecule has 1 fully saturated rings. The average molecular weight is 264 g/mol. The molecule has 0 bridgehead atoms. The maximum Gasteiger partial charge on any atom is 0.220 e. The van der Waals surface area contributed by atoms with Gasteiger partial charge in [-0.05, 0) is 13.8 Å². The number of hydrogen-bond acceptors (Lipinski definition) is 7. The van der Waals surface area contributed by atoms with E-state index in [-0.39, 0.29) is 6.61 Å². The molecule has 5 atom stereocenters. The molecule has 1 heterocycles. The van der Waals surface area contributed by atoms with Gasteiger partial charge in [0.15, 0.2) is 0 Å². The number of ether oxygens (including phenoxy) is 1. The van der Waals surface area contributed by atoms with Gasteiger partial charge in [0.05, 0.1) is 6.61 Å². The maximum atomic E-state index is 9.59. The molecule has 4 N–H and O–H groups in total. The van der Waals surface area contributed by atoms with Crippen molar-refractivity contribution in [1.82, 2.24) is 0 Å². The van der Waals surface area contributed by atoms with Crippen molar-refractivity contribution in [3.8, 4) is 0 Å². The standard InChI is InChI=1S/C11H20O7/c1-6(2)3-4-16-18-11-10(15)9(14)8(13)7(5-12)17-11/h3,7-15H,4-5H2,1-2H3/t7-,8-,9+,10-,11+/m1/s1. The zero-order valence-electron chi connectivity index (χ0n) is 10.4. The van der Waals surface area contributed by atoms with E-state index in [1.807, 2.05) is 13.8 Å². The number of hydrogen-bond donors (Lipinski definition) is 4. The van der Waals surface area contributed by atoms with E-state index in [9.17, 15) is 15.3 Å². The van der Waals surface area contributed by atoms with Gasteiger partial charge in [0.1, 0.15) is 31.0 Å². The minimum absolute atomic E-state index is 0.164. The Morgan fingerprint density at radius 1 is 1.17 bits per heavy atom. The molecule has 0 unspecified atom stereocenters. The van der Waals surface area contributed by atoms with Crippen LogP contribution in [0.4, 0.5) is 0 Å². The minimum Gasteiger partial charge on any atom is -0.394 e. The van der Waals surface area contributed by atoms with Gasteiger partial charge in [-0.2, -0.15) is 0 Å². The van der Waals surface area contributed by atoms with Gasteiger partial charge in [-0.15, -0.1) is 0 Å². The summed E-state index contributed by atoms with van der Waals surface area (Å²) < 4.78 is 5.06. The van der Waals surface area contributed by atoms with Crippen molar-refractivity contribution in [3.05, 3.63) is 11.6 Å². The fraction of sp³-hybridized carbons (Fsp3) is 0.818. The molecular formula is C11H20O7. The molecule has 0 aromatic rings. The molecule has 1 saturated heterocycles. The highest BCUT2D eigenvalue weighted by atomic mass is 17.2. The number of aliphatic hydroxyl groups excluding tert-OH is 4.